The molecule has 2 N–H and O–H groups in total. The van der Waals surface area contributed by atoms with Gasteiger partial charge in [0.1, 0.15) is 0 Å². The van der Waals surface area contributed by atoms with E-state index in [4.69, 9.17) is 4.79 Å². The Morgan fingerprint density at radius 1 is 0.386 bits per heavy atom. The van der Waals surface area contributed by atoms with Crippen molar-refractivity contribution in [1.82, 2.24) is 4.90 Å². The first-order valence-electron chi connectivity index (χ1n) is 19.4. The van der Waals surface area contributed by atoms with Crippen molar-refractivity contribution in [2.24, 2.45) is 5.73 Å². The summed E-state index contributed by atoms with van der Waals surface area (Å²) in [6.45, 7) is 6.39. The Labute approximate surface area is 287 Å². The maximum Gasteiger partial charge on any atom is 0.278 e. The van der Waals surface area contributed by atoms with E-state index in [2.05, 4.69) is 44.8 Å². The summed E-state index contributed by atoms with van der Waals surface area (Å²) in [6.07, 6.45) is 44.5. The van der Waals surface area contributed by atoms with Crippen LogP contribution in [-0.2, 0) is 0 Å². The third-order valence-corrected chi connectivity index (χ3v) is 9.12. The van der Waals surface area contributed by atoms with Crippen molar-refractivity contribution in [3.05, 3.63) is 0 Å². The van der Waals surface area contributed by atoms with Gasteiger partial charge in [-0.15, -0.1) is 0 Å². The van der Waals surface area contributed by atoms with E-state index in [0.29, 0.717) is 0 Å². The number of rotatable bonds is 34. The Morgan fingerprint density at radius 3 is 0.705 bits per heavy atom. The van der Waals surface area contributed by atoms with Crippen LogP contribution in [0.2, 0.25) is 0 Å². The first-order chi connectivity index (χ1) is 21.5. The third kappa shape index (κ3) is 43.8. The van der Waals surface area contributed by atoms with Crippen LogP contribution in [0.4, 0.5) is 9.59 Å². The van der Waals surface area contributed by atoms with E-state index in [1.54, 1.807) is 0 Å². The van der Waals surface area contributed by atoms with Crippen molar-refractivity contribution in [2.75, 3.05) is 13.1 Å². The molecule has 0 aliphatic rings. The fraction of sp³-hybridized carbons (Fsp3) is 0.947. The molecule has 0 heterocycles. The van der Waals surface area contributed by atoms with Crippen molar-refractivity contribution in [2.45, 2.75) is 219 Å². The van der Waals surface area contributed by atoms with Crippen LogP contribution in [0, 0.1) is 0 Å². The number of nitrogens with zero attached hydrogens (tertiary/aromatic N) is 1. The normalized spacial score (nSPS) is 10.9. The summed E-state index contributed by atoms with van der Waals surface area (Å²) >= 11 is 7.25. The summed E-state index contributed by atoms with van der Waals surface area (Å²) in [5.41, 5.74) is 4.34. The van der Waals surface area contributed by atoms with Crippen LogP contribution in [0.3, 0.4) is 0 Å². The number of amides is 2. The number of primary amides is 1. The molecule has 0 aromatic heterocycles. The fourth-order valence-corrected chi connectivity index (χ4v) is 6.20. The molecular weight excluding hydrogens is 581 g/mol. The molecule has 0 aliphatic carbocycles. The molecule has 6 heteroatoms. The number of carbonyl (C=O) groups excluding carboxylic acids is 2. The highest BCUT2D eigenvalue weighted by Gasteiger charge is 2.08. The molecule has 0 aromatic rings. The van der Waals surface area contributed by atoms with Crippen molar-refractivity contribution >= 4 is 35.7 Å². The zero-order chi connectivity index (χ0) is 32.8. The van der Waals surface area contributed by atoms with E-state index >= 15 is 0 Å². The maximum absolute atomic E-state index is 11.9. The molecule has 2 amide bonds. The van der Waals surface area contributed by atoms with Gasteiger partial charge in [-0.3, -0.25) is 9.59 Å². The summed E-state index contributed by atoms with van der Waals surface area (Å²) in [5, 5.41) is -0.665. The Morgan fingerprint density at radius 2 is 0.545 bits per heavy atom. The van der Waals surface area contributed by atoms with E-state index in [0.717, 1.165) is 25.9 Å². The lowest BCUT2D eigenvalue weighted by Gasteiger charge is -2.20. The van der Waals surface area contributed by atoms with Crippen LogP contribution >= 0.6 is 25.3 Å². The minimum absolute atomic E-state index is 0.0260. The predicted octanol–water partition coefficient (Wildman–Crippen LogP) is 13.9. The maximum atomic E-state index is 11.9. The molecule has 0 aliphatic heterocycles. The van der Waals surface area contributed by atoms with Gasteiger partial charge in [0.2, 0.25) is 0 Å². The molecule has 0 bridgehead atoms. The van der Waals surface area contributed by atoms with Crippen LogP contribution in [0.25, 0.3) is 0 Å². The van der Waals surface area contributed by atoms with E-state index in [1.807, 2.05) is 4.90 Å². The number of carbonyl (C=O) groups is 2. The molecule has 44 heavy (non-hydrogen) atoms. The van der Waals surface area contributed by atoms with Crippen LogP contribution in [0.5, 0.6) is 0 Å². The first kappa shape index (κ1) is 45.8. The summed E-state index contributed by atoms with van der Waals surface area (Å²) in [5.74, 6) is 0. The molecule has 0 spiro atoms. The molecule has 0 saturated heterocycles. The minimum Gasteiger partial charge on any atom is -0.361 e. The number of unbranched alkanes of at least 4 members (excludes halogenated alkanes) is 30. The van der Waals surface area contributed by atoms with Gasteiger partial charge in [-0.05, 0) is 12.8 Å². The lowest BCUT2D eigenvalue weighted by atomic mass is 10.0. The molecule has 0 aromatic carbocycles. The lowest BCUT2D eigenvalue weighted by molar-refractivity contribution is 0.220. The van der Waals surface area contributed by atoms with Crippen molar-refractivity contribution in [1.29, 1.82) is 0 Å². The predicted molar refractivity (Wildman–Crippen MR) is 204 cm³/mol. The SMILES string of the molecule is CCCCCCCCCCCCCCCCCCN(CCCCCCCCCCCCCCCCCC)C(=O)S.NC(=O)S. The zero-order valence-corrected chi connectivity index (χ0v) is 31.6. The van der Waals surface area contributed by atoms with E-state index in [9.17, 15) is 4.79 Å². The number of hydrogen-bond acceptors (Lipinski definition) is 2. The fourth-order valence-electron chi connectivity index (χ4n) is 6.00. The van der Waals surface area contributed by atoms with E-state index in [1.165, 1.54) is 193 Å². The molecule has 0 rings (SSSR count). The largest absolute Gasteiger partial charge is 0.361 e. The summed E-state index contributed by atoms with van der Waals surface area (Å²) in [4.78, 5) is 23.0. The highest BCUT2D eigenvalue weighted by Crippen LogP contribution is 2.16. The van der Waals surface area contributed by atoms with Crippen molar-refractivity contribution < 1.29 is 9.59 Å². The molecule has 0 radical (unpaired) electrons. The van der Waals surface area contributed by atoms with Gasteiger partial charge in [-0.25, -0.2) is 0 Å². The second-order valence-electron chi connectivity index (χ2n) is 13.2. The Kier molecular flexibility index (Phi) is 42.3. The Hall–Kier alpha value is -0.360. The smallest absolute Gasteiger partial charge is 0.278 e. The third-order valence-electron chi connectivity index (χ3n) is 8.83. The molecule has 0 unspecified atom stereocenters. The van der Waals surface area contributed by atoms with Crippen molar-refractivity contribution in [3.8, 4) is 0 Å². The Bertz CT molecular complexity index is 537. The van der Waals surface area contributed by atoms with Gasteiger partial charge < -0.3 is 10.6 Å². The van der Waals surface area contributed by atoms with Crippen LogP contribution < -0.4 is 5.73 Å². The van der Waals surface area contributed by atoms with Crippen LogP contribution in [-0.4, -0.2) is 28.5 Å². The standard InChI is InChI=1S/C37H75NOS.CH3NOS/c1-3-5-7-9-11-13-15-17-19-21-23-25-27-29-31-33-35-38(37(39)40)36-34-32-30-28-26-24-22-20-18-16-14-12-10-8-6-4-2;2-1(3)4/h3-36H2,1-2H3,(H,39,40);(H3,2,3,4). The molecular formula is C38H78N2O2S2. The van der Waals surface area contributed by atoms with Gasteiger partial charge in [-0.1, -0.05) is 232 Å². The van der Waals surface area contributed by atoms with Gasteiger partial charge in [0, 0.05) is 13.1 Å². The highest BCUT2D eigenvalue weighted by molar-refractivity contribution is 7.96. The summed E-state index contributed by atoms with van der Waals surface area (Å²) in [6, 6.07) is 0. The van der Waals surface area contributed by atoms with Crippen LogP contribution in [0.15, 0.2) is 0 Å². The minimum atomic E-state index is -0.639. The first-order valence-corrected chi connectivity index (χ1v) is 20.3. The summed E-state index contributed by atoms with van der Waals surface area (Å²) in [7, 11) is 0. The van der Waals surface area contributed by atoms with Gasteiger partial charge in [-0.2, -0.15) is 0 Å². The average molecular weight is 659 g/mol. The zero-order valence-electron chi connectivity index (χ0n) is 29.8. The highest BCUT2D eigenvalue weighted by atomic mass is 32.1. The molecule has 0 fully saturated rings. The second kappa shape index (κ2) is 40.7. The van der Waals surface area contributed by atoms with Gasteiger partial charge in [0.05, 0.1) is 0 Å². The average Bonchev–Trinajstić information content (AvgIpc) is 2.99. The topological polar surface area (TPSA) is 63.4 Å². The molecule has 264 valence electrons. The van der Waals surface area contributed by atoms with Gasteiger partial charge >= 0.3 is 0 Å². The lowest BCUT2D eigenvalue weighted by Crippen LogP contribution is -2.28. The molecule has 4 nitrogen and oxygen atoms in total. The number of nitrogens with two attached hydrogens (primary N) is 1. The second-order valence-corrected chi connectivity index (χ2v) is 14.0. The Balaban J connectivity index is 0. The van der Waals surface area contributed by atoms with Crippen LogP contribution in [0.1, 0.15) is 219 Å². The molecule has 0 atom stereocenters. The van der Waals surface area contributed by atoms with Crippen molar-refractivity contribution in [3.63, 3.8) is 0 Å². The monoisotopic (exact) mass is 659 g/mol. The summed E-state index contributed by atoms with van der Waals surface area (Å²) < 4.78 is 0. The van der Waals surface area contributed by atoms with E-state index in [-0.39, 0.29) is 5.24 Å². The quantitative estimate of drug-likeness (QED) is 0.0476. The van der Waals surface area contributed by atoms with E-state index < -0.39 is 5.24 Å². The van der Waals surface area contributed by atoms with Gasteiger partial charge in [0.15, 0.2) is 0 Å². The number of hydrogen-bond donors (Lipinski definition) is 3. The number of thiol groups is 2. The van der Waals surface area contributed by atoms with Gasteiger partial charge in [0.25, 0.3) is 10.5 Å². The molecule has 0 saturated carbocycles.